The fraction of sp³-hybridized carbons (Fsp3) is 0.545. The fourth-order valence-corrected chi connectivity index (χ4v) is 1.73. The van der Waals surface area contributed by atoms with E-state index in [1.54, 1.807) is 6.26 Å². The Bertz CT molecular complexity index is 308. The molecule has 1 saturated heterocycles. The first-order valence-corrected chi connectivity index (χ1v) is 5.30. The predicted molar refractivity (Wildman–Crippen MR) is 54.5 cm³/mol. The summed E-state index contributed by atoms with van der Waals surface area (Å²) in [5, 5.41) is 2.76. The van der Waals surface area contributed by atoms with Gasteiger partial charge in [0.05, 0.1) is 12.3 Å². The molecule has 0 unspecified atom stereocenters. The molecule has 1 aliphatic heterocycles. The van der Waals surface area contributed by atoms with Crippen molar-refractivity contribution >= 4 is 6.09 Å². The van der Waals surface area contributed by atoms with Gasteiger partial charge in [0.15, 0.2) is 0 Å². The second kappa shape index (κ2) is 4.87. The van der Waals surface area contributed by atoms with Crippen LogP contribution in [0.1, 0.15) is 25.0 Å². The van der Waals surface area contributed by atoms with Crippen LogP contribution in [0, 0.1) is 0 Å². The Morgan fingerprint density at radius 1 is 1.47 bits per heavy atom. The summed E-state index contributed by atoms with van der Waals surface area (Å²) in [6.45, 7) is 0.513. The summed E-state index contributed by atoms with van der Waals surface area (Å²) in [6, 6.07) is 4.09. The van der Waals surface area contributed by atoms with E-state index in [0.29, 0.717) is 6.61 Å². The maximum atomic E-state index is 10.7. The van der Waals surface area contributed by atoms with E-state index < -0.39 is 0 Å². The Morgan fingerprint density at radius 2 is 2.40 bits per heavy atom. The first-order chi connectivity index (χ1) is 7.34. The maximum absolute atomic E-state index is 10.7. The van der Waals surface area contributed by atoms with Crippen LogP contribution < -0.4 is 5.32 Å². The highest BCUT2D eigenvalue weighted by Gasteiger charge is 2.20. The van der Waals surface area contributed by atoms with E-state index in [-0.39, 0.29) is 12.1 Å². The van der Waals surface area contributed by atoms with Gasteiger partial charge in [-0.1, -0.05) is 6.42 Å². The molecule has 0 bridgehead atoms. The Balaban J connectivity index is 1.57. The number of rotatable bonds is 5. The highest BCUT2D eigenvalue weighted by Crippen LogP contribution is 2.10. The Morgan fingerprint density at radius 3 is 3.07 bits per heavy atom. The SMILES string of the molecule is O=C1N[C@H](CCCCc2ccco2)CO1. The second-order valence-corrected chi connectivity index (χ2v) is 3.76. The molecular weight excluding hydrogens is 194 g/mol. The number of hydrogen-bond donors (Lipinski definition) is 1. The number of alkyl carbamates (subject to hydrolysis) is 1. The van der Waals surface area contributed by atoms with Gasteiger partial charge in [-0.15, -0.1) is 0 Å². The van der Waals surface area contributed by atoms with Crippen LogP contribution in [0.5, 0.6) is 0 Å². The molecule has 4 nitrogen and oxygen atoms in total. The molecule has 2 heterocycles. The third-order valence-electron chi connectivity index (χ3n) is 2.54. The summed E-state index contributed by atoms with van der Waals surface area (Å²) in [6.07, 6.45) is 5.52. The average Bonchev–Trinajstić information content (AvgIpc) is 2.84. The maximum Gasteiger partial charge on any atom is 0.407 e. The number of carbonyl (C=O) groups excluding carboxylic acids is 1. The van der Waals surface area contributed by atoms with Gasteiger partial charge in [-0.3, -0.25) is 0 Å². The van der Waals surface area contributed by atoms with Crippen LogP contribution in [-0.2, 0) is 11.2 Å². The summed E-state index contributed by atoms with van der Waals surface area (Å²) in [5.41, 5.74) is 0. The Labute approximate surface area is 88.6 Å². The van der Waals surface area contributed by atoms with Crippen molar-refractivity contribution in [3.8, 4) is 0 Å². The molecule has 0 radical (unpaired) electrons. The number of aryl methyl sites for hydroxylation is 1. The monoisotopic (exact) mass is 209 g/mol. The highest BCUT2D eigenvalue weighted by molar-refractivity contribution is 5.69. The number of amides is 1. The molecule has 0 aliphatic carbocycles. The second-order valence-electron chi connectivity index (χ2n) is 3.76. The molecule has 1 aromatic heterocycles. The first kappa shape index (κ1) is 10.1. The van der Waals surface area contributed by atoms with Crippen LogP contribution in [0.15, 0.2) is 22.8 Å². The summed E-state index contributed by atoms with van der Waals surface area (Å²) in [4.78, 5) is 10.7. The zero-order valence-electron chi connectivity index (χ0n) is 8.57. The number of cyclic esters (lactones) is 1. The lowest BCUT2D eigenvalue weighted by Crippen LogP contribution is -2.25. The van der Waals surface area contributed by atoms with Crippen LogP contribution in [-0.4, -0.2) is 18.7 Å². The topological polar surface area (TPSA) is 51.5 Å². The number of hydrogen-bond acceptors (Lipinski definition) is 3. The van der Waals surface area contributed by atoms with E-state index >= 15 is 0 Å². The normalized spacial score (nSPS) is 20.0. The number of nitrogens with one attached hydrogen (secondary N) is 1. The van der Waals surface area contributed by atoms with Crippen molar-refractivity contribution < 1.29 is 13.9 Å². The van der Waals surface area contributed by atoms with Crippen LogP contribution in [0.3, 0.4) is 0 Å². The van der Waals surface area contributed by atoms with E-state index in [9.17, 15) is 4.79 Å². The first-order valence-electron chi connectivity index (χ1n) is 5.30. The summed E-state index contributed by atoms with van der Waals surface area (Å²) >= 11 is 0. The zero-order chi connectivity index (χ0) is 10.5. The van der Waals surface area contributed by atoms with Gasteiger partial charge in [0.1, 0.15) is 12.4 Å². The average molecular weight is 209 g/mol. The summed E-state index contributed by atoms with van der Waals surface area (Å²) < 4.78 is 10.0. The van der Waals surface area contributed by atoms with Crippen molar-refractivity contribution in [1.29, 1.82) is 0 Å². The molecule has 1 fully saturated rings. The standard InChI is InChI=1S/C11H15NO3/c13-11-12-9(8-15-11)4-1-2-5-10-6-3-7-14-10/h3,6-7,9H,1-2,4-5,8H2,(H,12,13)/t9-/m1/s1. The van der Waals surface area contributed by atoms with Gasteiger partial charge in [-0.2, -0.15) is 0 Å². The summed E-state index contributed by atoms with van der Waals surface area (Å²) in [5.74, 6) is 1.03. The van der Waals surface area contributed by atoms with Crippen LogP contribution >= 0.6 is 0 Å². The smallest absolute Gasteiger partial charge is 0.407 e. The lowest BCUT2D eigenvalue weighted by atomic mass is 10.1. The molecular formula is C11H15NO3. The van der Waals surface area contributed by atoms with Gasteiger partial charge in [-0.25, -0.2) is 4.79 Å². The lowest BCUT2D eigenvalue weighted by Gasteiger charge is -2.05. The largest absolute Gasteiger partial charge is 0.469 e. The number of unbranched alkanes of at least 4 members (excludes halogenated alkanes) is 1. The van der Waals surface area contributed by atoms with Gasteiger partial charge in [-0.05, 0) is 25.0 Å². The van der Waals surface area contributed by atoms with E-state index in [1.165, 1.54) is 0 Å². The molecule has 0 aromatic carbocycles. The van der Waals surface area contributed by atoms with Gasteiger partial charge >= 0.3 is 6.09 Å². The van der Waals surface area contributed by atoms with E-state index in [2.05, 4.69) is 5.32 Å². The number of carbonyl (C=O) groups is 1. The Hall–Kier alpha value is -1.45. The van der Waals surface area contributed by atoms with Gasteiger partial charge in [0.2, 0.25) is 0 Å². The van der Waals surface area contributed by atoms with Gasteiger partial charge in [0.25, 0.3) is 0 Å². The molecule has 15 heavy (non-hydrogen) atoms. The molecule has 0 saturated carbocycles. The lowest BCUT2D eigenvalue weighted by molar-refractivity contribution is 0.176. The number of furan rings is 1. The van der Waals surface area contributed by atoms with E-state index in [0.717, 1.165) is 31.4 Å². The van der Waals surface area contributed by atoms with Crippen molar-refractivity contribution in [2.75, 3.05) is 6.61 Å². The van der Waals surface area contributed by atoms with E-state index in [1.807, 2.05) is 12.1 Å². The van der Waals surface area contributed by atoms with Crippen LogP contribution in [0.2, 0.25) is 0 Å². The predicted octanol–water partition coefficient (Wildman–Crippen LogP) is 2.10. The van der Waals surface area contributed by atoms with Crippen molar-refractivity contribution in [3.05, 3.63) is 24.2 Å². The minimum absolute atomic E-state index is 0.203. The molecule has 4 heteroatoms. The quantitative estimate of drug-likeness (QED) is 0.755. The zero-order valence-corrected chi connectivity index (χ0v) is 8.57. The van der Waals surface area contributed by atoms with Crippen molar-refractivity contribution in [2.45, 2.75) is 31.7 Å². The molecule has 1 atom stereocenters. The third-order valence-corrected chi connectivity index (χ3v) is 2.54. The third kappa shape index (κ3) is 3.01. The molecule has 1 amide bonds. The van der Waals surface area contributed by atoms with Crippen LogP contribution in [0.25, 0.3) is 0 Å². The van der Waals surface area contributed by atoms with Crippen LogP contribution in [0.4, 0.5) is 4.79 Å². The minimum atomic E-state index is -0.286. The highest BCUT2D eigenvalue weighted by atomic mass is 16.6. The van der Waals surface area contributed by atoms with Crippen molar-refractivity contribution in [1.82, 2.24) is 5.32 Å². The molecule has 1 aliphatic rings. The molecule has 82 valence electrons. The molecule has 2 rings (SSSR count). The fourth-order valence-electron chi connectivity index (χ4n) is 1.73. The molecule has 1 N–H and O–H groups in total. The number of ether oxygens (including phenoxy) is 1. The molecule has 1 aromatic rings. The van der Waals surface area contributed by atoms with Gasteiger partial charge in [0, 0.05) is 6.42 Å². The van der Waals surface area contributed by atoms with Crippen molar-refractivity contribution in [3.63, 3.8) is 0 Å². The minimum Gasteiger partial charge on any atom is -0.469 e. The van der Waals surface area contributed by atoms with Crippen molar-refractivity contribution in [2.24, 2.45) is 0 Å². The summed E-state index contributed by atoms with van der Waals surface area (Å²) in [7, 11) is 0. The van der Waals surface area contributed by atoms with Gasteiger partial charge < -0.3 is 14.5 Å². The molecule has 0 spiro atoms. The Kier molecular flexibility index (Phi) is 3.27. The van der Waals surface area contributed by atoms with E-state index in [4.69, 9.17) is 9.15 Å².